The van der Waals surface area contributed by atoms with E-state index in [-0.39, 0.29) is 11.4 Å². The minimum atomic E-state index is 0.0686. The number of ether oxygens (including phenoxy) is 2. The first-order valence-corrected chi connectivity index (χ1v) is 7.90. The summed E-state index contributed by atoms with van der Waals surface area (Å²) in [5.74, 6) is 2.76. The van der Waals surface area contributed by atoms with Crippen LogP contribution >= 0.6 is 24.4 Å². The Kier molecular flexibility index (Phi) is 5.45. The van der Waals surface area contributed by atoms with Crippen molar-refractivity contribution in [2.24, 2.45) is 4.99 Å². The van der Waals surface area contributed by atoms with Gasteiger partial charge in [0.25, 0.3) is 0 Å². The molecule has 0 saturated heterocycles. The number of aliphatic imine (C=N–C) groups is 1. The SMILES string of the molecule is CC(C)Oc1ccc(OCC(S)C2=NCCS2)cc1. The third-order valence-electron chi connectivity index (χ3n) is 2.50. The predicted molar refractivity (Wildman–Crippen MR) is 85.2 cm³/mol. The van der Waals surface area contributed by atoms with E-state index < -0.39 is 0 Å². The highest BCUT2D eigenvalue weighted by molar-refractivity contribution is 8.15. The van der Waals surface area contributed by atoms with Crippen molar-refractivity contribution in [1.29, 1.82) is 0 Å². The number of nitrogens with zero attached hydrogens (tertiary/aromatic N) is 1. The minimum absolute atomic E-state index is 0.0686. The first-order valence-electron chi connectivity index (χ1n) is 6.40. The van der Waals surface area contributed by atoms with Crippen LogP contribution in [0.3, 0.4) is 0 Å². The Morgan fingerprint density at radius 2 is 1.95 bits per heavy atom. The molecule has 0 aromatic heterocycles. The number of thiol groups is 1. The van der Waals surface area contributed by atoms with Crippen molar-refractivity contribution in [3.05, 3.63) is 24.3 Å². The van der Waals surface area contributed by atoms with E-state index in [2.05, 4.69) is 17.6 Å². The van der Waals surface area contributed by atoms with E-state index in [1.807, 2.05) is 38.1 Å². The summed E-state index contributed by atoms with van der Waals surface area (Å²) in [5.41, 5.74) is 0. The van der Waals surface area contributed by atoms with Gasteiger partial charge in [-0.15, -0.1) is 11.8 Å². The Morgan fingerprint density at radius 3 is 2.53 bits per heavy atom. The van der Waals surface area contributed by atoms with E-state index in [0.29, 0.717) is 6.61 Å². The molecule has 1 aromatic rings. The normalized spacial score (nSPS) is 16.3. The number of rotatable bonds is 6. The summed E-state index contributed by atoms with van der Waals surface area (Å²) in [6.45, 7) is 5.46. The molecule has 0 N–H and O–H groups in total. The Morgan fingerprint density at radius 1 is 1.26 bits per heavy atom. The molecule has 3 nitrogen and oxygen atoms in total. The van der Waals surface area contributed by atoms with Crippen molar-refractivity contribution in [2.45, 2.75) is 25.2 Å². The van der Waals surface area contributed by atoms with Crippen LogP contribution in [0.4, 0.5) is 0 Å². The molecule has 104 valence electrons. The maximum Gasteiger partial charge on any atom is 0.119 e. The first kappa shape index (κ1) is 14.6. The molecule has 1 atom stereocenters. The zero-order valence-electron chi connectivity index (χ0n) is 11.2. The molecular weight excluding hydrogens is 278 g/mol. The smallest absolute Gasteiger partial charge is 0.119 e. The monoisotopic (exact) mass is 297 g/mol. The summed E-state index contributed by atoms with van der Waals surface area (Å²) in [6, 6.07) is 7.68. The Bertz CT molecular complexity index is 432. The van der Waals surface area contributed by atoms with Crippen LogP contribution in [0.15, 0.2) is 29.3 Å². The van der Waals surface area contributed by atoms with E-state index in [4.69, 9.17) is 9.47 Å². The second-order valence-corrected chi connectivity index (χ2v) is 6.27. The summed E-state index contributed by atoms with van der Waals surface area (Å²) < 4.78 is 11.3. The Labute approximate surface area is 124 Å². The highest BCUT2D eigenvalue weighted by atomic mass is 32.2. The molecule has 2 rings (SSSR count). The maximum atomic E-state index is 5.71. The molecule has 0 amide bonds. The van der Waals surface area contributed by atoms with Crippen molar-refractivity contribution < 1.29 is 9.47 Å². The lowest BCUT2D eigenvalue weighted by Crippen LogP contribution is -2.19. The van der Waals surface area contributed by atoms with E-state index >= 15 is 0 Å². The third kappa shape index (κ3) is 4.66. The van der Waals surface area contributed by atoms with Gasteiger partial charge in [0.1, 0.15) is 18.1 Å². The standard InChI is InChI=1S/C14H19NO2S2/c1-10(2)17-12-5-3-11(4-6-12)16-9-13(18)14-15-7-8-19-14/h3-6,10,13,18H,7-9H2,1-2H3. The van der Waals surface area contributed by atoms with Gasteiger partial charge in [0.05, 0.1) is 16.4 Å². The van der Waals surface area contributed by atoms with Gasteiger partial charge in [0.15, 0.2) is 0 Å². The topological polar surface area (TPSA) is 30.8 Å². The second kappa shape index (κ2) is 7.10. The molecule has 1 aromatic carbocycles. The summed E-state index contributed by atoms with van der Waals surface area (Å²) in [5, 5.41) is 1.15. The van der Waals surface area contributed by atoms with Gasteiger partial charge in [-0.2, -0.15) is 12.6 Å². The summed E-state index contributed by atoms with van der Waals surface area (Å²) in [7, 11) is 0. The van der Waals surface area contributed by atoms with Gasteiger partial charge < -0.3 is 9.47 Å². The van der Waals surface area contributed by atoms with Crippen molar-refractivity contribution in [3.63, 3.8) is 0 Å². The fourth-order valence-electron chi connectivity index (χ4n) is 1.69. The molecule has 1 aliphatic rings. The lowest BCUT2D eigenvalue weighted by atomic mass is 10.3. The molecule has 1 aliphatic heterocycles. The van der Waals surface area contributed by atoms with Crippen LogP contribution in [0.1, 0.15) is 13.8 Å². The van der Waals surface area contributed by atoms with Crippen LogP contribution in [0.5, 0.6) is 11.5 Å². The maximum absolute atomic E-state index is 5.71. The average molecular weight is 297 g/mol. The molecule has 5 heteroatoms. The van der Waals surface area contributed by atoms with E-state index in [1.54, 1.807) is 11.8 Å². The fourth-order valence-corrected chi connectivity index (χ4v) is 2.90. The van der Waals surface area contributed by atoms with E-state index in [1.165, 1.54) is 0 Å². The van der Waals surface area contributed by atoms with E-state index in [9.17, 15) is 0 Å². The zero-order valence-corrected chi connectivity index (χ0v) is 12.9. The van der Waals surface area contributed by atoms with Crippen molar-refractivity contribution in [1.82, 2.24) is 0 Å². The molecule has 0 aliphatic carbocycles. The fraction of sp³-hybridized carbons (Fsp3) is 0.500. The average Bonchev–Trinajstić information content (AvgIpc) is 2.91. The van der Waals surface area contributed by atoms with Crippen LogP contribution in [0, 0.1) is 0 Å². The van der Waals surface area contributed by atoms with Crippen LogP contribution in [0.25, 0.3) is 0 Å². The lowest BCUT2D eigenvalue weighted by molar-refractivity contribution is 0.242. The third-order valence-corrected chi connectivity index (χ3v) is 4.16. The predicted octanol–water partition coefficient (Wildman–Crippen LogP) is 3.30. The molecule has 0 radical (unpaired) electrons. The summed E-state index contributed by atoms with van der Waals surface area (Å²) in [6.07, 6.45) is 0.186. The lowest BCUT2D eigenvalue weighted by Gasteiger charge is -2.13. The van der Waals surface area contributed by atoms with Crippen molar-refractivity contribution >= 4 is 29.4 Å². The van der Waals surface area contributed by atoms with Crippen LogP contribution < -0.4 is 9.47 Å². The number of benzene rings is 1. The van der Waals surface area contributed by atoms with Gasteiger partial charge in [-0.3, -0.25) is 4.99 Å². The number of hydrogen-bond acceptors (Lipinski definition) is 5. The van der Waals surface area contributed by atoms with Gasteiger partial charge in [0, 0.05) is 12.3 Å². The van der Waals surface area contributed by atoms with Crippen molar-refractivity contribution in [3.8, 4) is 11.5 Å². The van der Waals surface area contributed by atoms with Gasteiger partial charge in [-0.25, -0.2) is 0 Å². The first-order chi connectivity index (χ1) is 9.15. The van der Waals surface area contributed by atoms with Crippen LogP contribution in [-0.2, 0) is 0 Å². The molecule has 0 saturated carbocycles. The molecule has 0 spiro atoms. The molecule has 0 fully saturated rings. The Hall–Kier alpha value is -0.810. The van der Waals surface area contributed by atoms with Gasteiger partial charge in [0.2, 0.25) is 0 Å². The second-order valence-electron chi connectivity index (χ2n) is 4.53. The summed E-state index contributed by atoms with van der Waals surface area (Å²) >= 11 is 6.29. The quantitative estimate of drug-likeness (QED) is 0.817. The molecular formula is C14H19NO2S2. The van der Waals surface area contributed by atoms with Gasteiger partial charge >= 0.3 is 0 Å². The molecule has 1 heterocycles. The van der Waals surface area contributed by atoms with Crippen LogP contribution in [-0.4, -0.2) is 35.3 Å². The highest BCUT2D eigenvalue weighted by Gasteiger charge is 2.16. The molecule has 0 bridgehead atoms. The van der Waals surface area contributed by atoms with Gasteiger partial charge in [-0.1, -0.05) is 0 Å². The number of hydrogen-bond donors (Lipinski definition) is 1. The van der Waals surface area contributed by atoms with Crippen molar-refractivity contribution in [2.75, 3.05) is 18.9 Å². The molecule has 19 heavy (non-hydrogen) atoms. The number of thioether (sulfide) groups is 1. The van der Waals surface area contributed by atoms with Gasteiger partial charge in [-0.05, 0) is 38.1 Å². The van der Waals surface area contributed by atoms with Crippen LogP contribution in [0.2, 0.25) is 0 Å². The summed E-state index contributed by atoms with van der Waals surface area (Å²) in [4.78, 5) is 4.40. The van der Waals surface area contributed by atoms with E-state index in [0.717, 1.165) is 28.8 Å². The zero-order chi connectivity index (χ0) is 13.7. The minimum Gasteiger partial charge on any atom is -0.492 e. The Balaban J connectivity index is 1.82. The molecule has 1 unspecified atom stereocenters. The highest BCUT2D eigenvalue weighted by Crippen LogP contribution is 2.21. The largest absolute Gasteiger partial charge is 0.492 e.